The normalized spacial score (nSPS) is 13.9. The van der Waals surface area contributed by atoms with Crippen LogP contribution in [0.25, 0.3) is 0 Å². The zero-order valence-electron chi connectivity index (χ0n) is 10.9. The Kier molecular flexibility index (Phi) is 6.39. The SMILES string of the molecule is COCC(C)CC(=O)NC(CO)c1ccccc1. The van der Waals surface area contributed by atoms with Crippen molar-refractivity contribution in [2.24, 2.45) is 5.92 Å². The molecule has 4 nitrogen and oxygen atoms in total. The lowest BCUT2D eigenvalue weighted by molar-refractivity contribution is -0.123. The summed E-state index contributed by atoms with van der Waals surface area (Å²) in [5.41, 5.74) is 0.910. The van der Waals surface area contributed by atoms with Crippen LogP contribution in [-0.4, -0.2) is 31.3 Å². The van der Waals surface area contributed by atoms with Gasteiger partial charge in [-0.25, -0.2) is 0 Å². The van der Waals surface area contributed by atoms with Crippen LogP contribution in [0.1, 0.15) is 24.9 Å². The molecule has 0 heterocycles. The van der Waals surface area contributed by atoms with Gasteiger partial charge < -0.3 is 15.2 Å². The predicted molar refractivity (Wildman–Crippen MR) is 70.1 cm³/mol. The van der Waals surface area contributed by atoms with E-state index in [1.165, 1.54) is 0 Å². The van der Waals surface area contributed by atoms with Crippen molar-refractivity contribution in [1.82, 2.24) is 5.32 Å². The van der Waals surface area contributed by atoms with Crippen LogP contribution in [0.4, 0.5) is 0 Å². The second-order valence-electron chi connectivity index (χ2n) is 4.48. The summed E-state index contributed by atoms with van der Waals surface area (Å²) >= 11 is 0. The van der Waals surface area contributed by atoms with Gasteiger partial charge in [0.15, 0.2) is 0 Å². The molecule has 1 aromatic rings. The summed E-state index contributed by atoms with van der Waals surface area (Å²) in [4.78, 5) is 11.8. The lowest BCUT2D eigenvalue weighted by Gasteiger charge is -2.18. The second-order valence-corrected chi connectivity index (χ2v) is 4.48. The van der Waals surface area contributed by atoms with Crippen molar-refractivity contribution >= 4 is 5.91 Å². The minimum Gasteiger partial charge on any atom is -0.394 e. The van der Waals surface area contributed by atoms with Crippen LogP contribution in [0, 0.1) is 5.92 Å². The number of rotatable bonds is 7. The van der Waals surface area contributed by atoms with Crippen LogP contribution >= 0.6 is 0 Å². The molecule has 18 heavy (non-hydrogen) atoms. The highest BCUT2D eigenvalue weighted by atomic mass is 16.5. The molecule has 1 rings (SSSR count). The van der Waals surface area contributed by atoms with Crippen molar-refractivity contribution < 1.29 is 14.6 Å². The first-order chi connectivity index (χ1) is 8.67. The van der Waals surface area contributed by atoms with Gasteiger partial charge in [-0.2, -0.15) is 0 Å². The molecular weight excluding hydrogens is 230 g/mol. The topological polar surface area (TPSA) is 58.6 Å². The number of carbonyl (C=O) groups excluding carboxylic acids is 1. The standard InChI is InChI=1S/C14H21NO3/c1-11(10-18-2)8-14(17)15-13(9-16)12-6-4-3-5-7-12/h3-7,11,13,16H,8-10H2,1-2H3,(H,15,17). The van der Waals surface area contributed by atoms with Crippen LogP contribution in [0.5, 0.6) is 0 Å². The van der Waals surface area contributed by atoms with E-state index in [-0.39, 0.29) is 24.5 Å². The molecule has 0 radical (unpaired) electrons. The minimum atomic E-state index is -0.339. The molecule has 1 amide bonds. The van der Waals surface area contributed by atoms with Gasteiger partial charge in [0, 0.05) is 20.1 Å². The zero-order chi connectivity index (χ0) is 13.4. The Labute approximate surface area is 108 Å². The van der Waals surface area contributed by atoms with Gasteiger partial charge in [-0.15, -0.1) is 0 Å². The van der Waals surface area contributed by atoms with E-state index in [1.807, 2.05) is 37.3 Å². The summed E-state index contributed by atoms with van der Waals surface area (Å²) in [6, 6.07) is 9.11. The molecule has 0 aliphatic carbocycles. The third-order valence-electron chi connectivity index (χ3n) is 2.70. The number of aliphatic hydroxyl groups excluding tert-OH is 1. The van der Waals surface area contributed by atoms with Crippen molar-refractivity contribution in [3.05, 3.63) is 35.9 Å². The highest BCUT2D eigenvalue weighted by molar-refractivity contribution is 5.76. The Hall–Kier alpha value is -1.39. The monoisotopic (exact) mass is 251 g/mol. The summed E-state index contributed by atoms with van der Waals surface area (Å²) in [5, 5.41) is 12.2. The predicted octanol–water partition coefficient (Wildman–Crippen LogP) is 1.51. The third-order valence-corrected chi connectivity index (χ3v) is 2.70. The van der Waals surface area contributed by atoms with E-state index in [2.05, 4.69) is 5.32 Å². The first-order valence-electron chi connectivity index (χ1n) is 6.11. The fraction of sp³-hybridized carbons (Fsp3) is 0.500. The summed E-state index contributed by atoms with van der Waals surface area (Å²) in [6.45, 7) is 2.41. The number of methoxy groups -OCH3 is 1. The molecule has 0 aromatic heterocycles. The first-order valence-corrected chi connectivity index (χ1v) is 6.11. The molecule has 4 heteroatoms. The third kappa shape index (κ3) is 4.85. The van der Waals surface area contributed by atoms with Crippen molar-refractivity contribution in [1.29, 1.82) is 0 Å². The number of benzene rings is 1. The summed E-state index contributed by atoms with van der Waals surface area (Å²) in [6.07, 6.45) is 0.400. The molecular formula is C14H21NO3. The summed E-state index contributed by atoms with van der Waals surface area (Å²) < 4.78 is 4.99. The number of hydrogen-bond donors (Lipinski definition) is 2. The van der Waals surface area contributed by atoms with Gasteiger partial charge in [-0.3, -0.25) is 4.79 Å². The molecule has 0 aliphatic rings. The van der Waals surface area contributed by atoms with E-state index in [1.54, 1.807) is 7.11 Å². The number of ether oxygens (including phenoxy) is 1. The van der Waals surface area contributed by atoms with Crippen molar-refractivity contribution in [3.8, 4) is 0 Å². The van der Waals surface area contributed by atoms with E-state index in [0.29, 0.717) is 13.0 Å². The fourth-order valence-corrected chi connectivity index (χ4v) is 1.83. The first kappa shape index (κ1) is 14.7. The summed E-state index contributed by atoms with van der Waals surface area (Å²) in [7, 11) is 1.62. The Morgan fingerprint density at radius 3 is 2.61 bits per heavy atom. The molecule has 2 atom stereocenters. The smallest absolute Gasteiger partial charge is 0.220 e. The molecule has 0 bridgehead atoms. The maximum atomic E-state index is 11.8. The van der Waals surface area contributed by atoms with Crippen molar-refractivity contribution in [3.63, 3.8) is 0 Å². The average molecular weight is 251 g/mol. The maximum Gasteiger partial charge on any atom is 0.220 e. The van der Waals surface area contributed by atoms with E-state index >= 15 is 0 Å². The van der Waals surface area contributed by atoms with Gasteiger partial charge in [0.1, 0.15) is 0 Å². The number of amides is 1. The highest BCUT2D eigenvalue weighted by Gasteiger charge is 2.15. The van der Waals surface area contributed by atoms with Gasteiger partial charge in [0.25, 0.3) is 0 Å². The molecule has 0 fully saturated rings. The van der Waals surface area contributed by atoms with Crippen LogP contribution < -0.4 is 5.32 Å². The lowest BCUT2D eigenvalue weighted by atomic mass is 10.1. The van der Waals surface area contributed by atoms with Gasteiger partial charge in [0.2, 0.25) is 5.91 Å². The molecule has 1 aromatic carbocycles. The Morgan fingerprint density at radius 1 is 1.39 bits per heavy atom. The molecule has 0 saturated carbocycles. The van der Waals surface area contributed by atoms with Gasteiger partial charge in [0.05, 0.1) is 12.6 Å². The largest absolute Gasteiger partial charge is 0.394 e. The van der Waals surface area contributed by atoms with Crippen molar-refractivity contribution in [2.45, 2.75) is 19.4 Å². The van der Waals surface area contributed by atoms with E-state index in [9.17, 15) is 9.90 Å². The van der Waals surface area contributed by atoms with Gasteiger partial charge in [-0.05, 0) is 11.5 Å². The van der Waals surface area contributed by atoms with Crippen LogP contribution in [0.3, 0.4) is 0 Å². The molecule has 0 saturated heterocycles. The van der Waals surface area contributed by atoms with Crippen LogP contribution in [0.2, 0.25) is 0 Å². The molecule has 0 spiro atoms. The number of hydrogen-bond acceptors (Lipinski definition) is 3. The van der Waals surface area contributed by atoms with E-state index in [0.717, 1.165) is 5.56 Å². The average Bonchev–Trinajstić information content (AvgIpc) is 2.37. The lowest BCUT2D eigenvalue weighted by Crippen LogP contribution is -2.32. The molecule has 100 valence electrons. The minimum absolute atomic E-state index is 0.0672. The van der Waals surface area contributed by atoms with E-state index in [4.69, 9.17) is 4.74 Å². The number of carbonyl (C=O) groups is 1. The quantitative estimate of drug-likeness (QED) is 0.772. The Balaban J connectivity index is 2.51. The van der Waals surface area contributed by atoms with Crippen molar-refractivity contribution in [2.75, 3.05) is 20.3 Å². The zero-order valence-corrected chi connectivity index (χ0v) is 10.9. The number of aliphatic hydroxyl groups is 1. The Bertz CT molecular complexity index is 353. The second kappa shape index (κ2) is 7.84. The Morgan fingerprint density at radius 2 is 2.06 bits per heavy atom. The van der Waals surface area contributed by atoms with Crippen LogP contribution in [0.15, 0.2) is 30.3 Å². The molecule has 2 N–H and O–H groups in total. The van der Waals surface area contributed by atoms with Crippen LogP contribution in [-0.2, 0) is 9.53 Å². The van der Waals surface area contributed by atoms with E-state index < -0.39 is 0 Å². The van der Waals surface area contributed by atoms with Gasteiger partial charge >= 0.3 is 0 Å². The van der Waals surface area contributed by atoms with Gasteiger partial charge in [-0.1, -0.05) is 37.3 Å². The maximum absolute atomic E-state index is 11.8. The molecule has 0 aliphatic heterocycles. The highest BCUT2D eigenvalue weighted by Crippen LogP contribution is 2.12. The summed E-state index contributed by atoms with van der Waals surface area (Å²) in [5.74, 6) is 0.104. The number of nitrogens with one attached hydrogen (secondary N) is 1. The fourth-order valence-electron chi connectivity index (χ4n) is 1.83. The molecule has 2 unspecified atom stereocenters.